The van der Waals surface area contributed by atoms with Crippen LogP contribution >= 0.6 is 0 Å². The molecule has 0 unspecified atom stereocenters. The number of aliphatic hydroxyl groups excluding tert-OH is 8. The Kier molecular flexibility index (Phi) is 8.24. The van der Waals surface area contributed by atoms with Gasteiger partial charge in [0.1, 0.15) is 49.3 Å². The molecule has 2 heterocycles. The van der Waals surface area contributed by atoms with Gasteiger partial charge in [-0.1, -0.05) is 0 Å². The van der Waals surface area contributed by atoms with Crippen molar-refractivity contribution in [2.45, 2.75) is 54.8 Å². The Bertz CT molecular complexity index is 399. The Labute approximate surface area is 154 Å². The molecule has 2 fully saturated rings. The Morgan fingerprint density at radius 2 is 1.38 bits per heavy atom. The fourth-order valence-electron chi connectivity index (χ4n) is 2.63. The first kappa shape index (κ1) is 22.4. The number of hydrogen-bond donors (Lipinski definition) is 8. The molecule has 0 bridgehead atoms. The summed E-state index contributed by atoms with van der Waals surface area (Å²) in [6, 6.07) is 0. The molecule has 11 nitrogen and oxygen atoms in total. The van der Waals surface area contributed by atoms with Gasteiger partial charge in [-0.2, -0.15) is 0 Å². The second-order valence-corrected chi connectivity index (χ2v) is 5.56. The molecule has 24 heavy (non-hydrogen) atoms. The van der Waals surface area contributed by atoms with Gasteiger partial charge in [-0.25, -0.2) is 0 Å². The van der Waals surface area contributed by atoms with Gasteiger partial charge in [0.2, 0.25) is 5.79 Å². The molecule has 2 aliphatic heterocycles. The summed E-state index contributed by atoms with van der Waals surface area (Å²) in [7, 11) is 0. The number of rotatable bonds is 5. The average Bonchev–Trinajstić information content (AvgIpc) is 2.80. The normalized spacial score (nSPS) is 49.0. The fraction of sp³-hybridized carbons (Fsp3) is 1.00. The Morgan fingerprint density at radius 3 is 1.83 bits per heavy atom. The van der Waals surface area contributed by atoms with Crippen molar-refractivity contribution >= 4 is 23.9 Å². The van der Waals surface area contributed by atoms with E-state index in [2.05, 4.69) is 0 Å². The van der Waals surface area contributed by atoms with Crippen LogP contribution in [0.1, 0.15) is 0 Å². The molecule has 12 heteroatoms. The van der Waals surface area contributed by atoms with E-state index in [0.29, 0.717) is 0 Å². The van der Waals surface area contributed by atoms with Crippen molar-refractivity contribution in [3.05, 3.63) is 0 Å². The van der Waals surface area contributed by atoms with Crippen LogP contribution in [-0.2, 0) is 14.2 Å². The van der Waals surface area contributed by atoms with Crippen LogP contribution in [0.4, 0.5) is 0 Å². The molecule has 144 valence electrons. The van der Waals surface area contributed by atoms with E-state index in [4.69, 9.17) is 24.4 Å². The van der Waals surface area contributed by atoms with Crippen molar-refractivity contribution in [2.24, 2.45) is 0 Å². The summed E-state index contributed by atoms with van der Waals surface area (Å²) in [5.41, 5.74) is 0. The van der Waals surface area contributed by atoms with Gasteiger partial charge in [0.15, 0.2) is 6.29 Å². The van der Waals surface area contributed by atoms with Gasteiger partial charge in [-0.05, 0) is 0 Å². The number of aliphatic hydroxyl groups is 8. The minimum absolute atomic E-state index is 0. The first-order chi connectivity index (χ1) is 10.8. The zero-order chi connectivity index (χ0) is 17.4. The van der Waals surface area contributed by atoms with Gasteiger partial charge >= 0.3 is 23.9 Å². The van der Waals surface area contributed by atoms with Gasteiger partial charge < -0.3 is 55.1 Å². The van der Waals surface area contributed by atoms with Crippen molar-refractivity contribution < 1.29 is 55.1 Å². The van der Waals surface area contributed by atoms with E-state index >= 15 is 0 Å². The second kappa shape index (κ2) is 8.83. The molecular formula is C12H26O11Sn. The fourth-order valence-corrected chi connectivity index (χ4v) is 2.63. The molecule has 0 aromatic rings. The van der Waals surface area contributed by atoms with Crippen molar-refractivity contribution in [1.29, 1.82) is 0 Å². The van der Waals surface area contributed by atoms with Gasteiger partial charge in [-0.15, -0.1) is 0 Å². The van der Waals surface area contributed by atoms with Crippen LogP contribution in [0.25, 0.3) is 0 Å². The Balaban J connectivity index is 0.00000288. The van der Waals surface area contributed by atoms with Crippen LogP contribution in [0, 0.1) is 0 Å². The summed E-state index contributed by atoms with van der Waals surface area (Å²) in [5, 5.41) is 76.7. The van der Waals surface area contributed by atoms with Gasteiger partial charge in [0.25, 0.3) is 0 Å². The molecule has 8 N–H and O–H groups in total. The molecule has 0 saturated carbocycles. The molecule has 0 aromatic carbocycles. The third-order valence-electron chi connectivity index (χ3n) is 4.07. The Morgan fingerprint density at radius 1 is 0.792 bits per heavy atom. The second-order valence-electron chi connectivity index (χ2n) is 5.56. The van der Waals surface area contributed by atoms with Crippen LogP contribution in [-0.4, -0.2) is 139 Å². The maximum atomic E-state index is 10.00. The quantitative estimate of drug-likeness (QED) is 0.180. The predicted octanol–water partition coefficient (Wildman–Crippen LogP) is -6.85. The molecule has 0 radical (unpaired) electrons. The molecule has 2 saturated heterocycles. The van der Waals surface area contributed by atoms with Gasteiger partial charge in [-0.3, -0.25) is 0 Å². The van der Waals surface area contributed by atoms with Crippen molar-refractivity contribution in [3.8, 4) is 0 Å². The molecule has 0 aromatic heterocycles. The zero-order valence-electron chi connectivity index (χ0n) is 12.0. The predicted molar refractivity (Wildman–Crippen MR) is 80.0 cm³/mol. The molecule has 0 aliphatic carbocycles. The van der Waals surface area contributed by atoms with Gasteiger partial charge in [0, 0.05) is 0 Å². The van der Waals surface area contributed by atoms with E-state index in [-0.39, 0.29) is 23.9 Å². The molecule has 2 rings (SSSR count). The van der Waals surface area contributed by atoms with E-state index in [1.807, 2.05) is 0 Å². The molecule has 2 aliphatic rings. The molecule has 0 spiro atoms. The number of ether oxygens (including phenoxy) is 3. The monoisotopic (exact) mass is 466 g/mol. The van der Waals surface area contributed by atoms with E-state index in [0.717, 1.165) is 0 Å². The van der Waals surface area contributed by atoms with Crippen molar-refractivity contribution in [2.75, 3.05) is 19.8 Å². The van der Waals surface area contributed by atoms with Crippen LogP contribution in [0.5, 0.6) is 0 Å². The summed E-state index contributed by atoms with van der Waals surface area (Å²) in [6.45, 7) is -2.32. The van der Waals surface area contributed by atoms with Crippen LogP contribution in [0.2, 0.25) is 0 Å². The first-order valence-electron chi connectivity index (χ1n) is 7.05. The van der Waals surface area contributed by atoms with Crippen LogP contribution < -0.4 is 0 Å². The average molecular weight is 465 g/mol. The summed E-state index contributed by atoms with van der Waals surface area (Å²) in [5.74, 6) is -2.22. The standard InChI is InChI=1S/C12H22O11.Sn.4H/c13-1-4-6(16)8(18)9(19)11(21-4)23-12(3-15)10(20)7(17)5(2-14)22-12;;;;;/h4-11,13-20H,1-3H2;;;;;/t4-,5-,6-,7-,8+,9-,10+,11-,12+;;;;;/m1...../s1. The molecule has 0 amide bonds. The molecule has 9 atom stereocenters. The number of hydrogen-bond acceptors (Lipinski definition) is 11. The van der Waals surface area contributed by atoms with Crippen molar-refractivity contribution in [3.63, 3.8) is 0 Å². The first-order valence-corrected chi connectivity index (χ1v) is 7.05. The van der Waals surface area contributed by atoms with Crippen LogP contribution in [0.3, 0.4) is 0 Å². The Hall–Kier alpha value is 0.359. The van der Waals surface area contributed by atoms with E-state index in [1.54, 1.807) is 0 Å². The van der Waals surface area contributed by atoms with Gasteiger partial charge in [0.05, 0.1) is 13.2 Å². The molecular weight excluding hydrogens is 439 g/mol. The third kappa shape index (κ3) is 3.87. The summed E-state index contributed by atoms with van der Waals surface area (Å²) < 4.78 is 15.4. The summed E-state index contributed by atoms with van der Waals surface area (Å²) >= 11 is 0. The van der Waals surface area contributed by atoms with E-state index in [1.165, 1.54) is 0 Å². The maximum absolute atomic E-state index is 10.00. The topological polar surface area (TPSA) is 190 Å². The van der Waals surface area contributed by atoms with Crippen molar-refractivity contribution in [1.82, 2.24) is 0 Å². The third-order valence-corrected chi connectivity index (χ3v) is 4.07. The zero-order valence-corrected chi connectivity index (χ0v) is 12.0. The van der Waals surface area contributed by atoms with Crippen LogP contribution in [0.15, 0.2) is 0 Å². The summed E-state index contributed by atoms with van der Waals surface area (Å²) in [4.78, 5) is 0. The van der Waals surface area contributed by atoms with E-state index < -0.39 is 74.6 Å². The summed E-state index contributed by atoms with van der Waals surface area (Å²) in [6.07, 6.45) is -12.7. The minimum atomic E-state index is -2.22. The SMILES string of the molecule is OC[C@H]1O[C@@](CO)(O[C@H]2O[C@H](CO)[C@@H](O)[C@H](O)[C@H]2O)[C@@H](O)[C@@H]1O.[SnH4]. The van der Waals surface area contributed by atoms with E-state index in [9.17, 15) is 30.6 Å².